The number of aryl methyl sites for hydroxylation is 1. The Morgan fingerprint density at radius 3 is 2.86 bits per heavy atom. The quantitative estimate of drug-likeness (QED) is 0.677. The first-order chi connectivity index (χ1) is 10.2. The van der Waals surface area contributed by atoms with Crippen LogP contribution in [0.4, 0.5) is 5.69 Å². The second-order valence-electron chi connectivity index (χ2n) is 4.82. The van der Waals surface area contributed by atoms with Crippen LogP contribution in [0, 0.1) is 0 Å². The van der Waals surface area contributed by atoms with Crippen LogP contribution in [-0.4, -0.2) is 15.9 Å². The van der Waals surface area contributed by atoms with E-state index in [0.29, 0.717) is 17.6 Å². The fraction of sp³-hybridized carbons (Fsp3) is 0.200. The monoisotopic (exact) mass is 301 g/mol. The van der Waals surface area contributed by atoms with Crippen molar-refractivity contribution in [2.24, 2.45) is 0 Å². The number of fused-ring (bicyclic) bond motifs is 1. The number of thiophene rings is 1. The van der Waals surface area contributed by atoms with Crippen LogP contribution in [0.5, 0.6) is 0 Å². The topological polar surface area (TPSA) is 77.8 Å². The summed E-state index contributed by atoms with van der Waals surface area (Å²) in [4.78, 5) is 29.7. The third kappa shape index (κ3) is 3.41. The highest BCUT2D eigenvalue weighted by Crippen LogP contribution is 2.16. The standard InChI is InChI=1S/C15H15N3O2S/c19-14(5-1-3-11-4-2-8-21-11)16-10-6-7-12-13(9-10)18-15(20)17-12/h2,4,6-9H,1,3,5H2,(H,16,19)(H2,17,18,20). The van der Waals surface area contributed by atoms with Gasteiger partial charge in [0.2, 0.25) is 5.91 Å². The van der Waals surface area contributed by atoms with Crippen molar-refractivity contribution >= 4 is 34.0 Å². The van der Waals surface area contributed by atoms with Crippen LogP contribution in [0.25, 0.3) is 11.0 Å². The van der Waals surface area contributed by atoms with E-state index in [9.17, 15) is 9.59 Å². The Bertz CT molecular complexity index is 802. The van der Waals surface area contributed by atoms with Gasteiger partial charge in [-0.3, -0.25) is 4.79 Å². The van der Waals surface area contributed by atoms with E-state index in [2.05, 4.69) is 21.4 Å². The first-order valence-corrected chi connectivity index (χ1v) is 7.63. The molecule has 1 amide bonds. The van der Waals surface area contributed by atoms with Gasteiger partial charge in [0.25, 0.3) is 0 Å². The highest BCUT2D eigenvalue weighted by molar-refractivity contribution is 7.09. The van der Waals surface area contributed by atoms with Crippen molar-refractivity contribution < 1.29 is 4.79 Å². The van der Waals surface area contributed by atoms with E-state index in [1.165, 1.54) is 4.88 Å². The molecular formula is C15H15N3O2S. The lowest BCUT2D eigenvalue weighted by atomic mass is 10.2. The molecule has 0 bridgehead atoms. The molecule has 0 aliphatic rings. The van der Waals surface area contributed by atoms with E-state index in [-0.39, 0.29) is 11.6 Å². The summed E-state index contributed by atoms with van der Waals surface area (Å²) in [5, 5.41) is 4.90. The molecule has 0 fully saturated rings. The SMILES string of the molecule is O=C(CCCc1cccs1)Nc1ccc2[nH]c(=O)[nH]c2c1. The van der Waals surface area contributed by atoms with Gasteiger partial charge in [0, 0.05) is 17.0 Å². The van der Waals surface area contributed by atoms with E-state index in [4.69, 9.17) is 0 Å². The first-order valence-electron chi connectivity index (χ1n) is 6.75. The van der Waals surface area contributed by atoms with Gasteiger partial charge in [0.15, 0.2) is 0 Å². The molecule has 2 aromatic heterocycles. The Balaban J connectivity index is 1.56. The molecule has 3 aromatic rings. The summed E-state index contributed by atoms with van der Waals surface area (Å²) in [6.07, 6.45) is 2.24. The van der Waals surface area contributed by atoms with E-state index >= 15 is 0 Å². The molecule has 0 aliphatic heterocycles. The van der Waals surface area contributed by atoms with Gasteiger partial charge in [-0.05, 0) is 42.5 Å². The van der Waals surface area contributed by atoms with Crippen LogP contribution in [-0.2, 0) is 11.2 Å². The van der Waals surface area contributed by atoms with Crippen LogP contribution in [0.1, 0.15) is 17.7 Å². The smallest absolute Gasteiger partial charge is 0.323 e. The van der Waals surface area contributed by atoms with Gasteiger partial charge in [-0.1, -0.05) is 6.07 Å². The molecule has 2 heterocycles. The predicted octanol–water partition coefficient (Wildman–Crippen LogP) is 2.88. The first kappa shape index (κ1) is 13.6. The van der Waals surface area contributed by atoms with Crippen molar-refractivity contribution in [2.75, 3.05) is 5.32 Å². The van der Waals surface area contributed by atoms with Gasteiger partial charge < -0.3 is 15.3 Å². The molecule has 0 spiro atoms. The number of aromatic nitrogens is 2. The lowest BCUT2D eigenvalue weighted by molar-refractivity contribution is -0.116. The number of anilines is 1. The number of carbonyl (C=O) groups excluding carboxylic acids is 1. The summed E-state index contributed by atoms with van der Waals surface area (Å²) in [5.41, 5.74) is 1.87. The van der Waals surface area contributed by atoms with Crippen LogP contribution in [0.3, 0.4) is 0 Å². The van der Waals surface area contributed by atoms with E-state index in [0.717, 1.165) is 18.4 Å². The number of H-pyrrole nitrogens is 2. The summed E-state index contributed by atoms with van der Waals surface area (Å²) in [7, 11) is 0. The lowest BCUT2D eigenvalue weighted by Crippen LogP contribution is -2.11. The molecule has 3 rings (SSSR count). The highest BCUT2D eigenvalue weighted by atomic mass is 32.1. The minimum atomic E-state index is -0.246. The fourth-order valence-corrected chi connectivity index (χ4v) is 2.96. The van der Waals surface area contributed by atoms with Gasteiger partial charge >= 0.3 is 5.69 Å². The van der Waals surface area contributed by atoms with Gasteiger partial charge in [0.1, 0.15) is 0 Å². The number of benzene rings is 1. The van der Waals surface area contributed by atoms with Crippen LogP contribution in [0.2, 0.25) is 0 Å². The van der Waals surface area contributed by atoms with Gasteiger partial charge in [-0.2, -0.15) is 0 Å². The molecule has 21 heavy (non-hydrogen) atoms. The van der Waals surface area contributed by atoms with Crippen molar-refractivity contribution in [1.82, 2.24) is 9.97 Å². The number of nitrogens with one attached hydrogen (secondary N) is 3. The van der Waals surface area contributed by atoms with Crippen molar-refractivity contribution in [2.45, 2.75) is 19.3 Å². The second-order valence-corrected chi connectivity index (χ2v) is 5.85. The zero-order chi connectivity index (χ0) is 14.7. The van der Waals surface area contributed by atoms with Gasteiger partial charge in [-0.15, -0.1) is 11.3 Å². The van der Waals surface area contributed by atoms with Gasteiger partial charge in [0.05, 0.1) is 11.0 Å². The number of imidazole rings is 1. The molecule has 0 unspecified atom stereocenters. The Morgan fingerprint density at radius 1 is 1.19 bits per heavy atom. The maximum absolute atomic E-state index is 11.9. The lowest BCUT2D eigenvalue weighted by Gasteiger charge is -2.05. The Kier molecular flexibility index (Phi) is 3.87. The number of aromatic amines is 2. The number of amides is 1. The Hall–Kier alpha value is -2.34. The molecule has 0 radical (unpaired) electrons. The van der Waals surface area contributed by atoms with Crippen molar-refractivity contribution in [3.63, 3.8) is 0 Å². The minimum absolute atomic E-state index is 0.0104. The van der Waals surface area contributed by atoms with E-state index in [1.807, 2.05) is 11.4 Å². The zero-order valence-electron chi connectivity index (χ0n) is 11.3. The third-order valence-electron chi connectivity index (χ3n) is 3.21. The number of hydrogen-bond donors (Lipinski definition) is 3. The molecule has 0 atom stereocenters. The van der Waals surface area contributed by atoms with Gasteiger partial charge in [-0.25, -0.2) is 4.79 Å². The molecule has 0 saturated carbocycles. The van der Waals surface area contributed by atoms with Crippen molar-refractivity contribution in [3.8, 4) is 0 Å². The summed E-state index contributed by atoms with van der Waals surface area (Å²) in [5.74, 6) is -0.0104. The molecule has 3 N–H and O–H groups in total. The maximum Gasteiger partial charge on any atom is 0.323 e. The number of rotatable bonds is 5. The second kappa shape index (κ2) is 5.97. The summed E-state index contributed by atoms with van der Waals surface area (Å²) in [6, 6.07) is 9.41. The third-order valence-corrected chi connectivity index (χ3v) is 4.14. The van der Waals surface area contributed by atoms with Crippen molar-refractivity contribution in [3.05, 3.63) is 51.1 Å². The van der Waals surface area contributed by atoms with E-state index in [1.54, 1.807) is 29.5 Å². The van der Waals surface area contributed by atoms with Crippen LogP contribution >= 0.6 is 11.3 Å². The fourth-order valence-electron chi connectivity index (χ4n) is 2.21. The normalized spacial score (nSPS) is 10.9. The summed E-state index contributed by atoms with van der Waals surface area (Å²) < 4.78 is 0. The largest absolute Gasteiger partial charge is 0.326 e. The zero-order valence-corrected chi connectivity index (χ0v) is 12.1. The number of hydrogen-bond acceptors (Lipinski definition) is 3. The predicted molar refractivity (Wildman–Crippen MR) is 84.8 cm³/mol. The highest BCUT2D eigenvalue weighted by Gasteiger charge is 2.05. The molecule has 1 aromatic carbocycles. The van der Waals surface area contributed by atoms with Crippen LogP contribution in [0.15, 0.2) is 40.5 Å². The number of carbonyl (C=O) groups is 1. The molecule has 0 aliphatic carbocycles. The molecular weight excluding hydrogens is 286 g/mol. The molecule has 108 valence electrons. The minimum Gasteiger partial charge on any atom is -0.326 e. The molecule has 5 nitrogen and oxygen atoms in total. The summed E-state index contributed by atoms with van der Waals surface area (Å²) in [6.45, 7) is 0. The van der Waals surface area contributed by atoms with Crippen molar-refractivity contribution in [1.29, 1.82) is 0 Å². The summed E-state index contributed by atoms with van der Waals surface area (Å²) >= 11 is 1.71. The molecule has 6 heteroatoms. The van der Waals surface area contributed by atoms with E-state index < -0.39 is 0 Å². The Morgan fingerprint density at radius 2 is 2.05 bits per heavy atom. The average Bonchev–Trinajstić information content (AvgIpc) is 3.06. The maximum atomic E-state index is 11.9. The average molecular weight is 301 g/mol. The van der Waals surface area contributed by atoms with Crippen LogP contribution < -0.4 is 11.0 Å². The Labute approximate surface area is 125 Å². The molecule has 0 saturated heterocycles.